The molecule has 0 fully saturated rings. The molecule has 1 aromatic rings. The molecule has 2 rings (SSSR count). The second-order valence-electron chi connectivity index (χ2n) is 3.71. The van der Waals surface area contributed by atoms with Gasteiger partial charge in [-0.2, -0.15) is 5.26 Å². The molecule has 0 saturated carbocycles. The van der Waals surface area contributed by atoms with E-state index in [2.05, 4.69) is 6.07 Å². The van der Waals surface area contributed by atoms with Crippen molar-refractivity contribution in [3.8, 4) is 11.8 Å². The lowest BCUT2D eigenvalue weighted by Crippen LogP contribution is -1.97. The maximum Gasteiger partial charge on any atom is 0.141 e. The van der Waals surface area contributed by atoms with E-state index in [1.807, 2.05) is 18.2 Å². The minimum atomic E-state index is 0.270. The van der Waals surface area contributed by atoms with E-state index in [4.69, 9.17) is 21.6 Å². The van der Waals surface area contributed by atoms with Crippen molar-refractivity contribution in [2.24, 2.45) is 0 Å². The first-order valence-electron chi connectivity index (χ1n) is 5.11. The molecule has 1 atom stereocenters. The fourth-order valence-electron chi connectivity index (χ4n) is 1.98. The van der Waals surface area contributed by atoms with Crippen molar-refractivity contribution in [1.29, 1.82) is 5.26 Å². The normalized spacial score (nSPS) is 19.6. The highest BCUT2D eigenvalue weighted by Crippen LogP contribution is 2.39. The lowest BCUT2D eigenvalue weighted by molar-refractivity contribution is 0.316. The van der Waals surface area contributed by atoms with E-state index in [1.54, 1.807) is 0 Å². The number of rotatable bonds is 1. The summed E-state index contributed by atoms with van der Waals surface area (Å²) in [5.74, 6) is 1.04. The first-order valence-corrected chi connectivity index (χ1v) is 5.49. The lowest BCUT2D eigenvalue weighted by Gasteiger charge is -2.13. The van der Waals surface area contributed by atoms with Crippen molar-refractivity contribution in [1.82, 2.24) is 0 Å². The summed E-state index contributed by atoms with van der Waals surface area (Å²) in [5, 5.41) is 9.43. The van der Waals surface area contributed by atoms with Crippen LogP contribution in [0.15, 0.2) is 18.2 Å². The summed E-state index contributed by atoms with van der Waals surface area (Å²) in [6.07, 6.45) is 2.52. The van der Waals surface area contributed by atoms with E-state index in [0.29, 0.717) is 18.1 Å². The van der Waals surface area contributed by atoms with Crippen molar-refractivity contribution in [2.75, 3.05) is 6.61 Å². The predicted molar refractivity (Wildman–Crippen MR) is 59.2 cm³/mol. The number of nitrogens with zero attached hydrogens (tertiary/aromatic N) is 1. The number of nitriles is 1. The molecule has 1 aliphatic rings. The predicted octanol–water partition coefficient (Wildman–Crippen LogP) is 3.51. The molecule has 3 heteroatoms. The zero-order valence-corrected chi connectivity index (χ0v) is 9.13. The molecule has 1 aromatic carbocycles. The zero-order valence-electron chi connectivity index (χ0n) is 8.37. The van der Waals surface area contributed by atoms with Crippen molar-refractivity contribution in [2.45, 2.75) is 25.2 Å². The second-order valence-corrected chi connectivity index (χ2v) is 4.12. The van der Waals surface area contributed by atoms with E-state index in [0.717, 1.165) is 24.2 Å². The molecule has 0 aliphatic carbocycles. The highest BCUT2D eigenvalue weighted by Gasteiger charge is 2.21. The van der Waals surface area contributed by atoms with E-state index in [-0.39, 0.29) is 5.92 Å². The highest BCUT2D eigenvalue weighted by molar-refractivity contribution is 6.32. The Balaban J connectivity index is 2.41. The molecule has 2 nitrogen and oxygen atoms in total. The largest absolute Gasteiger partial charge is 0.492 e. The number of hydrogen-bond donors (Lipinski definition) is 0. The fourth-order valence-corrected chi connectivity index (χ4v) is 2.22. The summed E-state index contributed by atoms with van der Waals surface area (Å²) in [5.41, 5.74) is 1.08. The van der Waals surface area contributed by atoms with Crippen LogP contribution in [0.25, 0.3) is 0 Å². The van der Waals surface area contributed by atoms with Gasteiger partial charge in [-0.25, -0.2) is 0 Å². The minimum absolute atomic E-state index is 0.270. The standard InChI is InChI=1S/C12H12ClNO/c13-11-5-1-4-10-9(6-7-14)3-2-8-15-12(10)11/h1,4-5,9H,2-3,6,8H2. The van der Waals surface area contributed by atoms with Crippen LogP contribution in [0.2, 0.25) is 5.02 Å². The Kier molecular flexibility index (Phi) is 3.13. The van der Waals surface area contributed by atoms with Gasteiger partial charge in [-0.1, -0.05) is 23.7 Å². The van der Waals surface area contributed by atoms with E-state index < -0.39 is 0 Å². The quantitative estimate of drug-likeness (QED) is 0.727. The molecule has 0 N–H and O–H groups in total. The Morgan fingerprint density at radius 3 is 3.20 bits per heavy atom. The van der Waals surface area contributed by atoms with Crippen LogP contribution in [0.5, 0.6) is 5.75 Å². The van der Waals surface area contributed by atoms with Crippen LogP contribution in [0.4, 0.5) is 0 Å². The van der Waals surface area contributed by atoms with Crippen molar-refractivity contribution < 1.29 is 4.74 Å². The molecule has 0 bridgehead atoms. The summed E-state index contributed by atoms with van der Waals surface area (Å²) in [6, 6.07) is 7.98. The topological polar surface area (TPSA) is 33.0 Å². The summed E-state index contributed by atoms with van der Waals surface area (Å²) >= 11 is 6.07. The van der Waals surface area contributed by atoms with Crippen molar-refractivity contribution in [3.05, 3.63) is 28.8 Å². The third kappa shape index (κ3) is 2.08. The van der Waals surface area contributed by atoms with E-state index in [1.165, 1.54) is 0 Å². The molecule has 1 heterocycles. The third-order valence-corrected chi connectivity index (χ3v) is 3.02. The van der Waals surface area contributed by atoms with Gasteiger partial charge in [0.05, 0.1) is 17.7 Å². The molecule has 0 aromatic heterocycles. The van der Waals surface area contributed by atoms with Gasteiger partial charge < -0.3 is 4.74 Å². The molecule has 0 radical (unpaired) electrons. The van der Waals surface area contributed by atoms with Crippen LogP contribution in [0.3, 0.4) is 0 Å². The summed E-state index contributed by atoms with van der Waals surface area (Å²) in [4.78, 5) is 0. The first-order chi connectivity index (χ1) is 7.33. The molecule has 0 amide bonds. The molecule has 1 unspecified atom stereocenters. The molecule has 0 saturated heterocycles. The van der Waals surface area contributed by atoms with Gasteiger partial charge >= 0.3 is 0 Å². The molecule has 1 aliphatic heterocycles. The molecule has 78 valence electrons. The van der Waals surface area contributed by atoms with Crippen molar-refractivity contribution in [3.63, 3.8) is 0 Å². The van der Waals surface area contributed by atoms with Crippen LogP contribution >= 0.6 is 11.6 Å². The van der Waals surface area contributed by atoms with Gasteiger partial charge in [-0.05, 0) is 24.5 Å². The van der Waals surface area contributed by atoms with Crippen LogP contribution in [-0.4, -0.2) is 6.61 Å². The molecule has 0 spiro atoms. The Morgan fingerprint density at radius 2 is 2.40 bits per heavy atom. The van der Waals surface area contributed by atoms with Gasteiger partial charge in [-0.15, -0.1) is 0 Å². The van der Waals surface area contributed by atoms with Crippen molar-refractivity contribution >= 4 is 11.6 Å². The van der Waals surface area contributed by atoms with Crippen LogP contribution in [0.1, 0.15) is 30.7 Å². The van der Waals surface area contributed by atoms with Crippen LogP contribution in [-0.2, 0) is 0 Å². The smallest absolute Gasteiger partial charge is 0.141 e. The summed E-state index contributed by atoms with van der Waals surface area (Å²) < 4.78 is 5.61. The van der Waals surface area contributed by atoms with Crippen LogP contribution < -0.4 is 4.74 Å². The van der Waals surface area contributed by atoms with Gasteiger partial charge in [0.2, 0.25) is 0 Å². The molecular formula is C12H12ClNO. The second kappa shape index (κ2) is 4.55. The Bertz CT molecular complexity index is 397. The average Bonchev–Trinajstić information content (AvgIpc) is 2.43. The summed E-state index contributed by atoms with van der Waals surface area (Å²) in [7, 11) is 0. The minimum Gasteiger partial charge on any atom is -0.492 e. The SMILES string of the molecule is N#CCC1CCCOc2c(Cl)cccc21. The van der Waals surface area contributed by atoms with Gasteiger partial charge in [0.15, 0.2) is 0 Å². The van der Waals surface area contributed by atoms with Crippen LogP contribution in [0, 0.1) is 11.3 Å². The highest BCUT2D eigenvalue weighted by atomic mass is 35.5. The Hall–Kier alpha value is -1.20. The third-order valence-electron chi connectivity index (χ3n) is 2.72. The number of para-hydroxylation sites is 1. The van der Waals surface area contributed by atoms with E-state index >= 15 is 0 Å². The monoisotopic (exact) mass is 221 g/mol. The first kappa shape index (κ1) is 10.3. The summed E-state index contributed by atoms with van der Waals surface area (Å²) in [6.45, 7) is 0.693. The van der Waals surface area contributed by atoms with Gasteiger partial charge in [0.25, 0.3) is 0 Å². The number of ether oxygens (including phenoxy) is 1. The Labute approximate surface area is 94.4 Å². The zero-order chi connectivity index (χ0) is 10.7. The van der Waals surface area contributed by atoms with Gasteiger partial charge in [0.1, 0.15) is 5.75 Å². The fraction of sp³-hybridized carbons (Fsp3) is 0.417. The number of halogens is 1. The lowest BCUT2D eigenvalue weighted by atomic mass is 9.92. The number of fused-ring (bicyclic) bond motifs is 1. The number of hydrogen-bond acceptors (Lipinski definition) is 2. The maximum absolute atomic E-state index is 8.78. The molecular weight excluding hydrogens is 210 g/mol. The van der Waals surface area contributed by atoms with E-state index in [9.17, 15) is 0 Å². The molecule has 15 heavy (non-hydrogen) atoms. The van der Waals surface area contributed by atoms with Gasteiger partial charge in [0, 0.05) is 12.3 Å². The number of benzene rings is 1. The van der Waals surface area contributed by atoms with Gasteiger partial charge in [-0.3, -0.25) is 0 Å². The average molecular weight is 222 g/mol. The maximum atomic E-state index is 8.78. The Morgan fingerprint density at radius 1 is 1.53 bits per heavy atom.